The van der Waals surface area contributed by atoms with Crippen LogP contribution in [-0.4, -0.2) is 36.4 Å². The maximum absolute atomic E-state index is 11.9. The summed E-state index contributed by atoms with van der Waals surface area (Å²) >= 11 is 0. The summed E-state index contributed by atoms with van der Waals surface area (Å²) in [6, 6.07) is 0. The smallest absolute Gasteiger partial charge is 0.219 e. The molecular weight excluding hydrogens is 201 g/mol. The summed E-state index contributed by atoms with van der Waals surface area (Å²) in [6.07, 6.45) is 0.133. The van der Waals surface area contributed by atoms with Crippen LogP contribution in [0.5, 0.6) is 0 Å². The highest BCUT2D eigenvalue weighted by Gasteiger charge is 2.22. The van der Waals surface area contributed by atoms with Gasteiger partial charge in [0.25, 0.3) is 0 Å². The van der Waals surface area contributed by atoms with Crippen molar-refractivity contribution in [1.29, 1.82) is 0 Å². The number of hydrogen-bond donors (Lipinski definition) is 0. The van der Waals surface area contributed by atoms with Crippen molar-refractivity contribution in [3.63, 3.8) is 0 Å². The van der Waals surface area contributed by atoms with E-state index in [1.165, 1.54) is 11.8 Å². The highest BCUT2D eigenvalue weighted by Crippen LogP contribution is 2.44. The highest BCUT2D eigenvalue weighted by atomic mass is 31.2. The lowest BCUT2D eigenvalue weighted by atomic mass is 10.5. The standard InChI is InChI=1S/C9H20NO3P/c1-6-10(9(4)11)7-14(5,12)13-8(2)3/h8H,6-7H2,1-5H3. The molecule has 1 atom stereocenters. The molecule has 0 aliphatic rings. The first-order chi connectivity index (χ1) is 6.28. The van der Waals surface area contributed by atoms with Crippen LogP contribution in [0.1, 0.15) is 27.7 Å². The van der Waals surface area contributed by atoms with Gasteiger partial charge in [0.05, 0.1) is 12.4 Å². The van der Waals surface area contributed by atoms with E-state index < -0.39 is 7.37 Å². The quantitative estimate of drug-likeness (QED) is 0.668. The van der Waals surface area contributed by atoms with Gasteiger partial charge in [0.1, 0.15) is 0 Å². The Hall–Kier alpha value is -0.340. The molecule has 0 aromatic carbocycles. The topological polar surface area (TPSA) is 46.6 Å². The lowest BCUT2D eigenvalue weighted by molar-refractivity contribution is -0.127. The van der Waals surface area contributed by atoms with Gasteiger partial charge in [0, 0.05) is 20.1 Å². The number of carbonyl (C=O) groups is 1. The minimum Gasteiger partial charge on any atom is -0.334 e. The van der Waals surface area contributed by atoms with E-state index in [0.717, 1.165) is 0 Å². The maximum Gasteiger partial charge on any atom is 0.219 e. The third kappa shape index (κ3) is 5.40. The molecule has 0 aromatic heterocycles. The lowest BCUT2D eigenvalue weighted by Gasteiger charge is -2.24. The molecule has 0 aliphatic heterocycles. The van der Waals surface area contributed by atoms with Crippen molar-refractivity contribution in [2.24, 2.45) is 0 Å². The van der Waals surface area contributed by atoms with Crippen molar-refractivity contribution in [3.05, 3.63) is 0 Å². The van der Waals surface area contributed by atoms with Gasteiger partial charge >= 0.3 is 0 Å². The number of rotatable bonds is 5. The first-order valence-corrected chi connectivity index (χ1v) is 7.04. The molecule has 0 rings (SSSR count). The maximum atomic E-state index is 11.9. The van der Waals surface area contributed by atoms with Crippen molar-refractivity contribution < 1.29 is 13.9 Å². The van der Waals surface area contributed by atoms with E-state index in [9.17, 15) is 9.36 Å². The largest absolute Gasteiger partial charge is 0.334 e. The Morgan fingerprint density at radius 1 is 1.50 bits per heavy atom. The van der Waals surface area contributed by atoms with Gasteiger partial charge in [-0.25, -0.2) is 0 Å². The molecule has 0 aliphatic carbocycles. The first kappa shape index (κ1) is 13.7. The monoisotopic (exact) mass is 221 g/mol. The van der Waals surface area contributed by atoms with E-state index in [1.54, 1.807) is 6.66 Å². The van der Waals surface area contributed by atoms with E-state index in [4.69, 9.17) is 4.52 Å². The molecule has 84 valence electrons. The number of amides is 1. The zero-order valence-electron chi connectivity index (χ0n) is 9.61. The molecular formula is C9H20NO3P. The second-order valence-corrected chi connectivity index (χ2v) is 6.21. The van der Waals surface area contributed by atoms with E-state index >= 15 is 0 Å². The van der Waals surface area contributed by atoms with Gasteiger partial charge in [-0.1, -0.05) is 0 Å². The van der Waals surface area contributed by atoms with Gasteiger partial charge in [-0.2, -0.15) is 0 Å². The summed E-state index contributed by atoms with van der Waals surface area (Å²) < 4.78 is 17.2. The van der Waals surface area contributed by atoms with Crippen molar-refractivity contribution in [2.45, 2.75) is 33.8 Å². The van der Waals surface area contributed by atoms with Crippen molar-refractivity contribution >= 4 is 13.3 Å². The second-order valence-electron chi connectivity index (χ2n) is 3.68. The Labute approximate surface area is 86.1 Å². The van der Waals surface area contributed by atoms with E-state index in [-0.39, 0.29) is 18.3 Å². The second kappa shape index (κ2) is 5.52. The Bertz CT molecular complexity index is 240. The molecule has 0 heterocycles. The van der Waals surface area contributed by atoms with Gasteiger partial charge in [0.2, 0.25) is 13.3 Å². The Kier molecular flexibility index (Phi) is 5.38. The SMILES string of the molecule is CCN(CP(C)(=O)OC(C)C)C(C)=O. The van der Waals surface area contributed by atoms with Crippen LogP contribution in [0.15, 0.2) is 0 Å². The van der Waals surface area contributed by atoms with Gasteiger partial charge in [-0.05, 0) is 20.8 Å². The van der Waals surface area contributed by atoms with Crippen LogP contribution >= 0.6 is 7.37 Å². The van der Waals surface area contributed by atoms with Crippen molar-refractivity contribution in [2.75, 3.05) is 19.5 Å². The molecule has 0 fully saturated rings. The molecule has 1 amide bonds. The Morgan fingerprint density at radius 2 is 2.00 bits per heavy atom. The third-order valence-electron chi connectivity index (χ3n) is 1.69. The van der Waals surface area contributed by atoms with Gasteiger partial charge in [-0.3, -0.25) is 9.36 Å². The number of hydrogen-bond acceptors (Lipinski definition) is 3. The Balaban J connectivity index is 4.32. The first-order valence-electron chi connectivity index (χ1n) is 4.79. The number of nitrogens with zero attached hydrogens (tertiary/aromatic N) is 1. The third-order valence-corrected chi connectivity index (χ3v) is 3.41. The van der Waals surface area contributed by atoms with Gasteiger partial charge in [-0.15, -0.1) is 0 Å². The molecule has 5 heteroatoms. The molecule has 0 aromatic rings. The highest BCUT2D eigenvalue weighted by molar-refractivity contribution is 7.58. The van der Waals surface area contributed by atoms with Crippen LogP contribution in [0, 0.1) is 0 Å². The van der Waals surface area contributed by atoms with Crippen molar-refractivity contribution in [3.8, 4) is 0 Å². The molecule has 14 heavy (non-hydrogen) atoms. The van der Waals surface area contributed by atoms with E-state index in [2.05, 4.69) is 0 Å². The molecule has 0 N–H and O–H groups in total. The van der Waals surface area contributed by atoms with E-state index in [0.29, 0.717) is 6.54 Å². The predicted octanol–water partition coefficient (Wildman–Crippen LogP) is 2.15. The van der Waals surface area contributed by atoms with Crippen LogP contribution in [0.25, 0.3) is 0 Å². The fourth-order valence-corrected chi connectivity index (χ4v) is 3.19. The number of carbonyl (C=O) groups excluding carboxylic acids is 1. The summed E-state index contributed by atoms with van der Waals surface area (Å²) in [4.78, 5) is 12.6. The molecule has 0 saturated carbocycles. The Morgan fingerprint density at radius 3 is 2.29 bits per heavy atom. The molecule has 1 unspecified atom stereocenters. The van der Waals surface area contributed by atoms with Crippen molar-refractivity contribution in [1.82, 2.24) is 4.90 Å². The van der Waals surface area contributed by atoms with Crippen LogP contribution < -0.4 is 0 Å². The predicted molar refractivity (Wildman–Crippen MR) is 57.7 cm³/mol. The average Bonchev–Trinajstić information content (AvgIpc) is 1.97. The van der Waals surface area contributed by atoms with Crippen LogP contribution in [0.2, 0.25) is 0 Å². The van der Waals surface area contributed by atoms with Crippen LogP contribution in [0.4, 0.5) is 0 Å². The molecule has 0 spiro atoms. The molecule has 0 saturated heterocycles. The summed E-state index contributed by atoms with van der Waals surface area (Å²) in [5.41, 5.74) is 0. The summed E-state index contributed by atoms with van der Waals surface area (Å²) in [6.45, 7) is 9.13. The van der Waals surface area contributed by atoms with E-state index in [1.807, 2.05) is 20.8 Å². The minimum atomic E-state index is -2.67. The summed E-state index contributed by atoms with van der Waals surface area (Å²) in [5, 5.41) is 0. The lowest BCUT2D eigenvalue weighted by Crippen LogP contribution is -2.30. The summed E-state index contributed by atoms with van der Waals surface area (Å²) in [5.74, 6) is -0.0677. The van der Waals surface area contributed by atoms with Gasteiger partial charge < -0.3 is 9.42 Å². The zero-order chi connectivity index (χ0) is 11.4. The normalized spacial score (nSPS) is 15.3. The molecule has 4 nitrogen and oxygen atoms in total. The summed E-state index contributed by atoms with van der Waals surface area (Å²) in [7, 11) is -2.67. The average molecular weight is 221 g/mol. The molecule has 0 radical (unpaired) electrons. The fraction of sp³-hybridized carbons (Fsp3) is 0.889. The minimum absolute atomic E-state index is 0.0677. The fourth-order valence-electron chi connectivity index (χ4n) is 1.21. The van der Waals surface area contributed by atoms with Gasteiger partial charge in [0.15, 0.2) is 0 Å². The zero-order valence-corrected chi connectivity index (χ0v) is 10.5. The molecule has 0 bridgehead atoms. The van der Waals surface area contributed by atoms with Crippen LogP contribution in [0.3, 0.4) is 0 Å². The van der Waals surface area contributed by atoms with Crippen LogP contribution in [-0.2, 0) is 13.9 Å².